The summed E-state index contributed by atoms with van der Waals surface area (Å²) in [7, 11) is 0. The van der Waals surface area contributed by atoms with Crippen LogP contribution in [0.4, 0.5) is 0 Å². The Morgan fingerprint density at radius 1 is 1.29 bits per heavy atom. The molecule has 1 N–H and O–H groups in total. The van der Waals surface area contributed by atoms with E-state index in [-0.39, 0.29) is 6.61 Å². The normalized spacial score (nSPS) is 10.8. The van der Waals surface area contributed by atoms with Gasteiger partial charge in [-0.25, -0.2) is 0 Å². The summed E-state index contributed by atoms with van der Waals surface area (Å²) in [5, 5.41) is 18.4. The Hall–Kier alpha value is -1.73. The predicted molar refractivity (Wildman–Crippen MR) is 64.1 cm³/mol. The third kappa shape index (κ3) is 4.33. The van der Waals surface area contributed by atoms with Gasteiger partial charge in [0.1, 0.15) is 6.61 Å². The minimum Gasteiger partial charge on any atom is -0.490 e. The lowest BCUT2D eigenvalue weighted by atomic mass is 10.1. The minimum absolute atomic E-state index is 0.166. The summed E-state index contributed by atoms with van der Waals surface area (Å²) in [6.45, 7) is 5.85. The standard InChI is InChI=1S/C13H17NO3/c1-4-16-12-7-10(8-14)5-6-11(12)17-9-13(2,3)15/h5-7,15H,4,9H2,1-3H3. The van der Waals surface area contributed by atoms with Crippen LogP contribution < -0.4 is 9.47 Å². The van der Waals surface area contributed by atoms with E-state index in [9.17, 15) is 5.11 Å². The van der Waals surface area contributed by atoms with Crippen LogP contribution in [0.2, 0.25) is 0 Å². The zero-order chi connectivity index (χ0) is 12.9. The molecular weight excluding hydrogens is 218 g/mol. The van der Waals surface area contributed by atoms with Crippen LogP contribution in [-0.2, 0) is 0 Å². The first-order chi connectivity index (χ1) is 7.96. The first-order valence-electron chi connectivity index (χ1n) is 5.48. The molecule has 4 heteroatoms. The van der Waals surface area contributed by atoms with Crippen molar-refractivity contribution in [2.24, 2.45) is 0 Å². The van der Waals surface area contributed by atoms with Crippen LogP contribution in [0.5, 0.6) is 11.5 Å². The minimum atomic E-state index is -0.905. The smallest absolute Gasteiger partial charge is 0.162 e. The van der Waals surface area contributed by atoms with E-state index in [1.807, 2.05) is 13.0 Å². The van der Waals surface area contributed by atoms with Crippen molar-refractivity contribution in [1.82, 2.24) is 0 Å². The molecule has 1 rings (SSSR count). The van der Waals surface area contributed by atoms with Crippen LogP contribution in [-0.4, -0.2) is 23.9 Å². The molecular formula is C13H17NO3. The van der Waals surface area contributed by atoms with Gasteiger partial charge in [0.25, 0.3) is 0 Å². The van der Waals surface area contributed by atoms with Crippen LogP contribution in [0, 0.1) is 11.3 Å². The van der Waals surface area contributed by atoms with E-state index in [1.165, 1.54) is 0 Å². The van der Waals surface area contributed by atoms with Crippen LogP contribution in [0.15, 0.2) is 18.2 Å². The highest BCUT2D eigenvalue weighted by atomic mass is 16.5. The highest BCUT2D eigenvalue weighted by molar-refractivity contribution is 5.46. The van der Waals surface area contributed by atoms with Crippen molar-refractivity contribution in [1.29, 1.82) is 5.26 Å². The van der Waals surface area contributed by atoms with Crippen LogP contribution in [0.25, 0.3) is 0 Å². The molecule has 0 amide bonds. The van der Waals surface area contributed by atoms with Crippen LogP contribution in [0.1, 0.15) is 26.3 Å². The van der Waals surface area contributed by atoms with Gasteiger partial charge in [-0.15, -0.1) is 0 Å². The summed E-state index contributed by atoms with van der Waals surface area (Å²) in [5.41, 5.74) is -0.388. The van der Waals surface area contributed by atoms with Gasteiger partial charge in [0.05, 0.1) is 23.8 Å². The molecule has 0 aliphatic carbocycles. The van der Waals surface area contributed by atoms with Crippen molar-refractivity contribution in [2.45, 2.75) is 26.4 Å². The molecule has 0 heterocycles. The zero-order valence-corrected chi connectivity index (χ0v) is 10.4. The molecule has 0 unspecified atom stereocenters. The van der Waals surface area contributed by atoms with Gasteiger partial charge < -0.3 is 14.6 Å². The average Bonchev–Trinajstić information content (AvgIpc) is 2.26. The predicted octanol–water partition coefficient (Wildman–Crippen LogP) is 2.11. The molecule has 0 aliphatic heterocycles. The molecule has 0 atom stereocenters. The largest absolute Gasteiger partial charge is 0.490 e. The fraction of sp³-hybridized carbons (Fsp3) is 0.462. The summed E-state index contributed by atoms with van der Waals surface area (Å²) < 4.78 is 10.9. The molecule has 0 fully saturated rings. The van der Waals surface area contributed by atoms with Gasteiger partial charge in [0.2, 0.25) is 0 Å². The Morgan fingerprint density at radius 3 is 2.53 bits per heavy atom. The highest BCUT2D eigenvalue weighted by Gasteiger charge is 2.15. The maximum Gasteiger partial charge on any atom is 0.162 e. The van der Waals surface area contributed by atoms with E-state index in [1.54, 1.807) is 32.0 Å². The van der Waals surface area contributed by atoms with Crippen molar-refractivity contribution >= 4 is 0 Å². The average molecular weight is 235 g/mol. The molecule has 4 nitrogen and oxygen atoms in total. The molecule has 0 radical (unpaired) electrons. The molecule has 0 saturated carbocycles. The second-order valence-electron chi connectivity index (χ2n) is 4.31. The van der Waals surface area contributed by atoms with Crippen molar-refractivity contribution in [2.75, 3.05) is 13.2 Å². The molecule has 0 bridgehead atoms. The Bertz CT molecular complexity index is 416. The number of nitrogens with zero attached hydrogens (tertiary/aromatic N) is 1. The fourth-order valence-corrected chi connectivity index (χ4v) is 1.22. The summed E-state index contributed by atoms with van der Waals surface area (Å²) in [5.74, 6) is 1.06. The van der Waals surface area contributed by atoms with Gasteiger partial charge in [-0.1, -0.05) is 0 Å². The molecule has 1 aromatic carbocycles. The molecule has 92 valence electrons. The Morgan fingerprint density at radius 2 is 2.00 bits per heavy atom. The molecule has 0 aliphatic rings. The quantitative estimate of drug-likeness (QED) is 0.849. The zero-order valence-electron chi connectivity index (χ0n) is 10.4. The topological polar surface area (TPSA) is 62.5 Å². The van der Waals surface area contributed by atoms with Crippen molar-refractivity contribution in [3.8, 4) is 17.6 Å². The lowest BCUT2D eigenvalue weighted by Crippen LogP contribution is -2.28. The molecule has 1 aromatic rings. The number of hydrogen-bond donors (Lipinski definition) is 1. The van der Waals surface area contributed by atoms with Crippen LogP contribution in [0.3, 0.4) is 0 Å². The summed E-state index contributed by atoms with van der Waals surface area (Å²) in [6, 6.07) is 7.00. The second kappa shape index (κ2) is 5.55. The molecule has 0 aromatic heterocycles. The first kappa shape index (κ1) is 13.3. The van der Waals surface area contributed by atoms with E-state index in [0.717, 1.165) is 0 Å². The maximum absolute atomic E-state index is 9.58. The summed E-state index contributed by atoms with van der Waals surface area (Å²) in [6.07, 6.45) is 0. The van der Waals surface area contributed by atoms with E-state index in [4.69, 9.17) is 14.7 Å². The van der Waals surface area contributed by atoms with Gasteiger partial charge >= 0.3 is 0 Å². The van der Waals surface area contributed by atoms with Gasteiger partial charge in [-0.05, 0) is 32.9 Å². The van der Waals surface area contributed by atoms with E-state index in [2.05, 4.69) is 0 Å². The van der Waals surface area contributed by atoms with E-state index >= 15 is 0 Å². The van der Waals surface area contributed by atoms with E-state index in [0.29, 0.717) is 23.7 Å². The fourth-order valence-electron chi connectivity index (χ4n) is 1.22. The Labute approximate surface area is 101 Å². The van der Waals surface area contributed by atoms with Gasteiger partial charge in [-0.3, -0.25) is 0 Å². The number of aliphatic hydroxyl groups is 1. The van der Waals surface area contributed by atoms with Gasteiger partial charge in [-0.2, -0.15) is 5.26 Å². The highest BCUT2D eigenvalue weighted by Crippen LogP contribution is 2.28. The number of rotatable bonds is 5. The maximum atomic E-state index is 9.58. The molecule has 17 heavy (non-hydrogen) atoms. The summed E-state index contributed by atoms with van der Waals surface area (Å²) >= 11 is 0. The Kier molecular flexibility index (Phi) is 4.36. The van der Waals surface area contributed by atoms with Crippen molar-refractivity contribution < 1.29 is 14.6 Å². The number of nitriles is 1. The van der Waals surface area contributed by atoms with Crippen molar-refractivity contribution in [3.63, 3.8) is 0 Å². The lowest BCUT2D eigenvalue weighted by molar-refractivity contribution is 0.0274. The molecule has 0 saturated heterocycles. The Balaban J connectivity index is 2.87. The van der Waals surface area contributed by atoms with E-state index < -0.39 is 5.60 Å². The number of hydrogen-bond acceptors (Lipinski definition) is 4. The SMILES string of the molecule is CCOc1cc(C#N)ccc1OCC(C)(C)O. The van der Waals surface area contributed by atoms with Gasteiger partial charge in [0.15, 0.2) is 11.5 Å². The lowest BCUT2D eigenvalue weighted by Gasteiger charge is -2.19. The third-order valence-electron chi connectivity index (χ3n) is 1.95. The first-order valence-corrected chi connectivity index (χ1v) is 5.48. The second-order valence-corrected chi connectivity index (χ2v) is 4.31. The number of benzene rings is 1. The monoisotopic (exact) mass is 235 g/mol. The molecule has 0 spiro atoms. The number of ether oxygens (including phenoxy) is 2. The summed E-state index contributed by atoms with van der Waals surface area (Å²) in [4.78, 5) is 0. The van der Waals surface area contributed by atoms with Crippen LogP contribution >= 0.6 is 0 Å². The van der Waals surface area contributed by atoms with Gasteiger partial charge in [0, 0.05) is 6.07 Å². The third-order valence-corrected chi connectivity index (χ3v) is 1.95. The van der Waals surface area contributed by atoms with Crippen molar-refractivity contribution in [3.05, 3.63) is 23.8 Å².